The Morgan fingerprint density at radius 3 is 3.00 bits per heavy atom. The van der Waals surface area contributed by atoms with E-state index >= 15 is 0 Å². The minimum absolute atomic E-state index is 0.0576. The molecule has 0 aromatic heterocycles. The van der Waals surface area contributed by atoms with Crippen molar-refractivity contribution in [2.45, 2.75) is 18.4 Å². The highest BCUT2D eigenvalue weighted by atomic mass is 16.3. The molecule has 1 atom stereocenters. The third-order valence-electron chi connectivity index (χ3n) is 1.47. The van der Waals surface area contributed by atoms with Crippen LogP contribution in [0.1, 0.15) is 12.8 Å². The topological polar surface area (TPSA) is 37.3 Å². The fraction of sp³-hybridized carbons (Fsp3) is 0.375. The first-order valence-electron chi connectivity index (χ1n) is 3.04. The Labute approximate surface area is 59.6 Å². The summed E-state index contributed by atoms with van der Waals surface area (Å²) in [5.74, 6) is 2.26. The van der Waals surface area contributed by atoms with Crippen LogP contribution >= 0.6 is 0 Å². The maximum Gasteiger partial charge on any atom is 0.158 e. The van der Waals surface area contributed by atoms with Gasteiger partial charge >= 0.3 is 0 Å². The van der Waals surface area contributed by atoms with E-state index in [0.29, 0.717) is 0 Å². The Morgan fingerprint density at radius 2 is 2.60 bits per heavy atom. The van der Waals surface area contributed by atoms with Crippen LogP contribution in [-0.2, 0) is 4.79 Å². The van der Waals surface area contributed by atoms with Gasteiger partial charge in [0.05, 0.1) is 0 Å². The van der Waals surface area contributed by atoms with Gasteiger partial charge in [-0.25, -0.2) is 0 Å². The molecule has 0 fully saturated rings. The van der Waals surface area contributed by atoms with Gasteiger partial charge in [0.2, 0.25) is 0 Å². The van der Waals surface area contributed by atoms with Gasteiger partial charge in [0.1, 0.15) is 5.60 Å². The summed E-state index contributed by atoms with van der Waals surface area (Å²) < 4.78 is 0. The third kappa shape index (κ3) is 1.26. The zero-order chi connectivity index (χ0) is 7.61. The predicted molar refractivity (Wildman–Crippen MR) is 37.2 cm³/mol. The van der Waals surface area contributed by atoms with Crippen molar-refractivity contribution < 1.29 is 9.90 Å². The van der Waals surface area contributed by atoms with Gasteiger partial charge < -0.3 is 5.11 Å². The van der Waals surface area contributed by atoms with Gasteiger partial charge in [-0.3, -0.25) is 4.79 Å². The molecule has 0 aliphatic heterocycles. The highest BCUT2D eigenvalue weighted by Gasteiger charge is 2.29. The van der Waals surface area contributed by atoms with Crippen molar-refractivity contribution in [1.82, 2.24) is 0 Å². The first-order chi connectivity index (χ1) is 4.66. The summed E-state index contributed by atoms with van der Waals surface area (Å²) >= 11 is 0. The summed E-state index contributed by atoms with van der Waals surface area (Å²) in [4.78, 5) is 10.6. The Balaban J connectivity index is 2.67. The van der Waals surface area contributed by atoms with Gasteiger partial charge in [-0.05, 0) is 12.2 Å². The molecular weight excluding hydrogens is 128 g/mol. The van der Waals surface area contributed by atoms with Crippen LogP contribution in [0, 0.1) is 12.3 Å². The molecule has 1 rings (SSSR count). The minimum Gasteiger partial charge on any atom is -0.384 e. The van der Waals surface area contributed by atoms with Gasteiger partial charge in [-0.15, -0.1) is 12.3 Å². The van der Waals surface area contributed by atoms with Crippen LogP contribution in [0.2, 0.25) is 0 Å². The van der Waals surface area contributed by atoms with E-state index in [2.05, 4.69) is 5.92 Å². The molecule has 0 aromatic rings. The van der Waals surface area contributed by atoms with E-state index in [1.807, 2.05) is 0 Å². The number of hydrogen-bond acceptors (Lipinski definition) is 2. The van der Waals surface area contributed by atoms with E-state index in [4.69, 9.17) is 6.42 Å². The van der Waals surface area contributed by atoms with Crippen molar-refractivity contribution in [2.75, 3.05) is 0 Å². The van der Waals surface area contributed by atoms with Crippen molar-refractivity contribution in [2.24, 2.45) is 0 Å². The molecule has 0 radical (unpaired) electrons. The highest BCUT2D eigenvalue weighted by Crippen LogP contribution is 2.22. The van der Waals surface area contributed by atoms with E-state index in [1.54, 1.807) is 0 Å². The van der Waals surface area contributed by atoms with Crippen LogP contribution in [0.15, 0.2) is 12.2 Å². The lowest BCUT2D eigenvalue weighted by atomic mass is 10.00. The summed E-state index contributed by atoms with van der Waals surface area (Å²) in [6.45, 7) is 0. The molecule has 0 saturated heterocycles. The van der Waals surface area contributed by atoms with Crippen LogP contribution in [0.3, 0.4) is 0 Å². The number of ketones is 1. The SMILES string of the molecule is C#CCC1(O)C=CC(=O)C1. The maximum absolute atomic E-state index is 10.6. The molecule has 0 aromatic carbocycles. The molecule has 1 aliphatic carbocycles. The van der Waals surface area contributed by atoms with Crippen molar-refractivity contribution in [3.8, 4) is 12.3 Å². The van der Waals surface area contributed by atoms with E-state index < -0.39 is 5.60 Å². The summed E-state index contributed by atoms with van der Waals surface area (Å²) in [5, 5.41) is 9.41. The van der Waals surface area contributed by atoms with Crippen LogP contribution in [0.25, 0.3) is 0 Å². The molecular formula is C8H8O2. The quantitative estimate of drug-likeness (QED) is 0.525. The van der Waals surface area contributed by atoms with Crippen LogP contribution < -0.4 is 0 Å². The summed E-state index contributed by atoms with van der Waals surface area (Å²) in [7, 11) is 0. The smallest absolute Gasteiger partial charge is 0.158 e. The van der Waals surface area contributed by atoms with E-state index in [1.165, 1.54) is 12.2 Å². The van der Waals surface area contributed by atoms with Crippen molar-refractivity contribution >= 4 is 5.78 Å². The summed E-state index contributed by atoms with van der Waals surface area (Å²) in [6.07, 6.45) is 8.18. The Hall–Kier alpha value is -1.07. The first-order valence-corrected chi connectivity index (χ1v) is 3.04. The van der Waals surface area contributed by atoms with Crippen molar-refractivity contribution in [3.05, 3.63) is 12.2 Å². The number of hydrogen-bond donors (Lipinski definition) is 1. The number of rotatable bonds is 1. The maximum atomic E-state index is 10.6. The Morgan fingerprint density at radius 1 is 1.90 bits per heavy atom. The molecule has 0 saturated carbocycles. The second-order valence-corrected chi connectivity index (χ2v) is 2.46. The van der Waals surface area contributed by atoms with Gasteiger partial charge in [-0.2, -0.15) is 0 Å². The number of allylic oxidation sites excluding steroid dienone is 1. The minimum atomic E-state index is -1.05. The van der Waals surface area contributed by atoms with Crippen molar-refractivity contribution in [3.63, 3.8) is 0 Å². The molecule has 1 aliphatic rings. The van der Waals surface area contributed by atoms with E-state index in [-0.39, 0.29) is 18.6 Å². The van der Waals surface area contributed by atoms with Gasteiger partial charge in [0.25, 0.3) is 0 Å². The molecule has 0 bridgehead atoms. The summed E-state index contributed by atoms with van der Waals surface area (Å²) in [6, 6.07) is 0. The fourth-order valence-corrected chi connectivity index (χ4v) is 0.966. The Bertz CT molecular complexity index is 222. The van der Waals surface area contributed by atoms with Gasteiger partial charge in [0, 0.05) is 12.8 Å². The zero-order valence-electron chi connectivity index (χ0n) is 5.50. The number of aliphatic hydroxyl groups is 1. The predicted octanol–water partition coefficient (Wildman–Crippen LogP) is 0.270. The second kappa shape index (κ2) is 2.28. The molecule has 0 spiro atoms. The number of carbonyl (C=O) groups excluding carboxylic acids is 1. The lowest BCUT2D eigenvalue weighted by molar-refractivity contribution is -0.116. The van der Waals surface area contributed by atoms with Gasteiger partial charge in [-0.1, -0.05) is 0 Å². The van der Waals surface area contributed by atoms with E-state index in [9.17, 15) is 9.90 Å². The van der Waals surface area contributed by atoms with Crippen LogP contribution in [0.4, 0.5) is 0 Å². The summed E-state index contributed by atoms with van der Waals surface area (Å²) in [5.41, 5.74) is -1.05. The Kier molecular flexibility index (Phi) is 1.60. The fourth-order valence-electron chi connectivity index (χ4n) is 0.966. The molecule has 2 nitrogen and oxygen atoms in total. The molecule has 1 unspecified atom stereocenters. The first kappa shape index (κ1) is 7.04. The highest BCUT2D eigenvalue weighted by molar-refractivity contribution is 5.93. The average Bonchev–Trinajstić information content (AvgIpc) is 2.12. The van der Waals surface area contributed by atoms with Crippen LogP contribution in [0.5, 0.6) is 0 Å². The third-order valence-corrected chi connectivity index (χ3v) is 1.47. The average molecular weight is 136 g/mol. The molecule has 2 heteroatoms. The molecule has 1 N–H and O–H groups in total. The van der Waals surface area contributed by atoms with Crippen LogP contribution in [-0.4, -0.2) is 16.5 Å². The molecule has 10 heavy (non-hydrogen) atoms. The van der Waals surface area contributed by atoms with Crippen molar-refractivity contribution in [1.29, 1.82) is 0 Å². The normalized spacial score (nSPS) is 30.6. The second-order valence-electron chi connectivity index (χ2n) is 2.46. The number of terminal acetylenes is 1. The zero-order valence-corrected chi connectivity index (χ0v) is 5.50. The standard InChI is InChI=1S/C8H8O2/c1-2-4-8(10)5-3-7(9)6-8/h1,3,5,10H,4,6H2. The largest absolute Gasteiger partial charge is 0.384 e. The van der Waals surface area contributed by atoms with E-state index in [0.717, 1.165) is 0 Å². The molecule has 0 heterocycles. The van der Waals surface area contributed by atoms with Gasteiger partial charge in [0.15, 0.2) is 5.78 Å². The molecule has 0 amide bonds. The number of carbonyl (C=O) groups is 1. The lowest BCUT2D eigenvalue weighted by Crippen LogP contribution is -2.23. The monoisotopic (exact) mass is 136 g/mol. The molecule has 52 valence electrons. The lowest BCUT2D eigenvalue weighted by Gasteiger charge is -2.14.